The van der Waals surface area contributed by atoms with Crippen LogP contribution >= 0.6 is 0 Å². The third kappa shape index (κ3) is 3.78. The van der Waals surface area contributed by atoms with Crippen molar-refractivity contribution in [3.8, 4) is 11.5 Å². The highest BCUT2D eigenvalue weighted by Gasteiger charge is 2.09. The van der Waals surface area contributed by atoms with Crippen molar-refractivity contribution in [3.05, 3.63) is 47.9 Å². The lowest BCUT2D eigenvalue weighted by Crippen LogP contribution is -2.12. The lowest BCUT2D eigenvalue weighted by molar-refractivity contribution is 0.246. The van der Waals surface area contributed by atoms with E-state index in [1.807, 2.05) is 37.3 Å². The molecule has 1 N–H and O–H groups in total. The van der Waals surface area contributed by atoms with E-state index in [4.69, 9.17) is 13.9 Å². The summed E-state index contributed by atoms with van der Waals surface area (Å²) in [7, 11) is 0. The number of para-hydroxylation sites is 2. The minimum atomic E-state index is 0.401. The molecule has 2 aromatic rings. The molecule has 108 valence electrons. The first-order valence-corrected chi connectivity index (χ1v) is 6.95. The lowest BCUT2D eigenvalue weighted by atomic mass is 10.2. The molecule has 0 radical (unpaired) electrons. The quantitative estimate of drug-likeness (QED) is 0.802. The van der Waals surface area contributed by atoms with E-state index in [-0.39, 0.29) is 0 Å². The van der Waals surface area contributed by atoms with Crippen LogP contribution in [0.25, 0.3) is 0 Å². The number of nitrogens with one attached hydrogen (secondary N) is 1. The fourth-order valence-corrected chi connectivity index (χ4v) is 1.90. The molecule has 4 heteroatoms. The van der Waals surface area contributed by atoms with Crippen LogP contribution in [0, 0.1) is 0 Å². The van der Waals surface area contributed by atoms with Crippen molar-refractivity contribution in [2.75, 3.05) is 13.2 Å². The van der Waals surface area contributed by atoms with Crippen LogP contribution in [0.4, 0.5) is 0 Å². The lowest BCUT2D eigenvalue weighted by Gasteiger charge is -2.11. The highest BCUT2D eigenvalue weighted by atomic mass is 16.5. The average molecular weight is 275 g/mol. The van der Waals surface area contributed by atoms with Crippen LogP contribution in [0.2, 0.25) is 0 Å². The molecule has 20 heavy (non-hydrogen) atoms. The first kappa shape index (κ1) is 14.5. The summed E-state index contributed by atoms with van der Waals surface area (Å²) >= 11 is 0. The topological polar surface area (TPSA) is 43.6 Å². The van der Waals surface area contributed by atoms with Gasteiger partial charge in [-0.25, -0.2) is 0 Å². The monoisotopic (exact) mass is 275 g/mol. The van der Waals surface area contributed by atoms with E-state index >= 15 is 0 Å². The summed E-state index contributed by atoms with van der Waals surface area (Å²) in [5.74, 6) is 2.34. The molecule has 0 unspecified atom stereocenters. The average Bonchev–Trinajstić information content (AvgIpc) is 2.92. The molecule has 0 aliphatic heterocycles. The van der Waals surface area contributed by atoms with E-state index in [9.17, 15) is 0 Å². The molecule has 0 saturated heterocycles. The minimum Gasteiger partial charge on any atom is -0.490 e. The molecular weight excluding hydrogens is 254 g/mol. The van der Waals surface area contributed by atoms with Gasteiger partial charge in [-0.05, 0) is 31.7 Å². The van der Waals surface area contributed by atoms with Crippen LogP contribution in [0.15, 0.2) is 41.0 Å². The Morgan fingerprint density at radius 3 is 2.50 bits per heavy atom. The third-order valence-corrected chi connectivity index (χ3v) is 2.91. The van der Waals surface area contributed by atoms with Gasteiger partial charge in [0.05, 0.1) is 12.9 Å². The maximum Gasteiger partial charge on any atom is 0.161 e. The molecule has 1 aromatic carbocycles. The van der Waals surface area contributed by atoms with Crippen molar-refractivity contribution in [3.63, 3.8) is 0 Å². The predicted molar refractivity (Wildman–Crippen MR) is 78.0 cm³/mol. The SMILES string of the molecule is CCNCc1ccoc1COc1ccccc1OCC. The van der Waals surface area contributed by atoms with Gasteiger partial charge < -0.3 is 19.2 Å². The van der Waals surface area contributed by atoms with Crippen LogP contribution in [0.1, 0.15) is 25.2 Å². The van der Waals surface area contributed by atoms with Crippen molar-refractivity contribution in [2.45, 2.75) is 27.0 Å². The fraction of sp³-hybridized carbons (Fsp3) is 0.375. The second-order valence-corrected chi connectivity index (χ2v) is 4.32. The maximum atomic E-state index is 5.81. The fourth-order valence-electron chi connectivity index (χ4n) is 1.90. The van der Waals surface area contributed by atoms with E-state index in [0.717, 1.165) is 35.9 Å². The Bertz CT molecular complexity index is 522. The van der Waals surface area contributed by atoms with Gasteiger partial charge in [0.2, 0.25) is 0 Å². The van der Waals surface area contributed by atoms with Gasteiger partial charge in [0, 0.05) is 12.1 Å². The Kier molecular flexibility index (Phi) is 5.50. The summed E-state index contributed by atoms with van der Waals surface area (Å²) in [5.41, 5.74) is 1.13. The second-order valence-electron chi connectivity index (χ2n) is 4.32. The van der Waals surface area contributed by atoms with Gasteiger partial charge in [-0.1, -0.05) is 19.1 Å². The van der Waals surface area contributed by atoms with Crippen molar-refractivity contribution < 1.29 is 13.9 Å². The first-order chi connectivity index (χ1) is 9.85. The molecule has 1 heterocycles. The van der Waals surface area contributed by atoms with E-state index in [0.29, 0.717) is 13.2 Å². The van der Waals surface area contributed by atoms with E-state index in [1.54, 1.807) is 6.26 Å². The van der Waals surface area contributed by atoms with Crippen LogP contribution in [0.3, 0.4) is 0 Å². The van der Waals surface area contributed by atoms with Crippen LogP contribution < -0.4 is 14.8 Å². The van der Waals surface area contributed by atoms with Gasteiger partial charge in [0.25, 0.3) is 0 Å². The van der Waals surface area contributed by atoms with Crippen LogP contribution in [-0.4, -0.2) is 13.2 Å². The van der Waals surface area contributed by atoms with Gasteiger partial charge in [-0.15, -0.1) is 0 Å². The Hall–Kier alpha value is -1.94. The van der Waals surface area contributed by atoms with Crippen molar-refractivity contribution in [2.24, 2.45) is 0 Å². The number of hydrogen-bond acceptors (Lipinski definition) is 4. The van der Waals surface area contributed by atoms with Gasteiger partial charge in [0.15, 0.2) is 11.5 Å². The third-order valence-electron chi connectivity index (χ3n) is 2.91. The molecule has 0 saturated carbocycles. The smallest absolute Gasteiger partial charge is 0.161 e. The molecule has 0 aliphatic rings. The second kappa shape index (κ2) is 7.60. The largest absolute Gasteiger partial charge is 0.490 e. The zero-order valence-corrected chi connectivity index (χ0v) is 12.0. The maximum absolute atomic E-state index is 5.81. The van der Waals surface area contributed by atoms with Gasteiger partial charge >= 0.3 is 0 Å². The Labute approximate surface area is 119 Å². The standard InChI is InChI=1S/C16H21NO3/c1-3-17-11-13-9-10-19-16(13)12-20-15-8-6-5-7-14(15)18-4-2/h5-10,17H,3-4,11-12H2,1-2H3. The molecule has 0 atom stereocenters. The first-order valence-electron chi connectivity index (χ1n) is 6.95. The van der Waals surface area contributed by atoms with Gasteiger partial charge in [0.1, 0.15) is 12.4 Å². The molecule has 0 bridgehead atoms. The van der Waals surface area contributed by atoms with Crippen LogP contribution in [0.5, 0.6) is 11.5 Å². The van der Waals surface area contributed by atoms with Crippen molar-refractivity contribution in [1.82, 2.24) is 5.32 Å². The van der Waals surface area contributed by atoms with Gasteiger partial charge in [-0.3, -0.25) is 0 Å². The Balaban J connectivity index is 2.00. The van der Waals surface area contributed by atoms with E-state index in [2.05, 4.69) is 12.2 Å². The normalized spacial score (nSPS) is 10.5. The number of benzene rings is 1. The van der Waals surface area contributed by atoms with Gasteiger partial charge in [-0.2, -0.15) is 0 Å². The molecule has 1 aromatic heterocycles. The summed E-state index contributed by atoms with van der Waals surface area (Å²) < 4.78 is 16.8. The minimum absolute atomic E-state index is 0.401. The molecule has 0 spiro atoms. The molecule has 2 rings (SSSR count). The van der Waals surface area contributed by atoms with Crippen molar-refractivity contribution >= 4 is 0 Å². The molecule has 4 nitrogen and oxygen atoms in total. The predicted octanol–water partition coefficient (Wildman–Crippen LogP) is 3.37. The Morgan fingerprint density at radius 2 is 1.80 bits per heavy atom. The molecule has 0 fully saturated rings. The van der Waals surface area contributed by atoms with Crippen LogP contribution in [-0.2, 0) is 13.2 Å². The number of rotatable bonds is 8. The summed E-state index contributed by atoms with van der Waals surface area (Å²) in [6.07, 6.45) is 1.69. The summed E-state index contributed by atoms with van der Waals surface area (Å²) in [4.78, 5) is 0. The van der Waals surface area contributed by atoms with E-state index in [1.165, 1.54) is 0 Å². The molecule has 0 aliphatic carbocycles. The molecular formula is C16H21NO3. The highest BCUT2D eigenvalue weighted by molar-refractivity contribution is 5.39. The summed E-state index contributed by atoms with van der Waals surface area (Å²) in [6, 6.07) is 9.63. The molecule has 0 amide bonds. The summed E-state index contributed by atoms with van der Waals surface area (Å²) in [5, 5.41) is 3.28. The zero-order valence-electron chi connectivity index (χ0n) is 12.0. The zero-order chi connectivity index (χ0) is 14.2. The number of furan rings is 1. The number of ether oxygens (including phenoxy) is 2. The van der Waals surface area contributed by atoms with Crippen molar-refractivity contribution in [1.29, 1.82) is 0 Å². The summed E-state index contributed by atoms with van der Waals surface area (Å²) in [6.45, 7) is 6.77. The highest BCUT2D eigenvalue weighted by Crippen LogP contribution is 2.27. The number of hydrogen-bond donors (Lipinski definition) is 1. The van der Waals surface area contributed by atoms with E-state index < -0.39 is 0 Å². The Morgan fingerprint density at radius 1 is 1.05 bits per heavy atom.